The van der Waals surface area contributed by atoms with Crippen molar-refractivity contribution in [3.8, 4) is 11.5 Å². The Hall–Kier alpha value is -2.88. The summed E-state index contributed by atoms with van der Waals surface area (Å²) in [6.07, 6.45) is -2.58. The van der Waals surface area contributed by atoms with Crippen LogP contribution in [0.5, 0.6) is 11.5 Å². The third kappa shape index (κ3) is 4.33. The fraction of sp³-hybridized carbons (Fsp3) is 0.250. The van der Waals surface area contributed by atoms with Crippen molar-refractivity contribution in [2.45, 2.75) is 30.5 Å². The topological polar surface area (TPSA) is 69.7 Å². The predicted molar refractivity (Wildman–Crippen MR) is 99.2 cm³/mol. The van der Waals surface area contributed by atoms with E-state index < -0.39 is 44.7 Å². The smallest absolute Gasteiger partial charge is 0.419 e. The Morgan fingerprint density at radius 2 is 1.73 bits per heavy atom. The highest BCUT2D eigenvalue weighted by atomic mass is 32.2. The van der Waals surface area contributed by atoms with E-state index in [-0.39, 0.29) is 21.8 Å². The lowest BCUT2D eigenvalue weighted by Crippen LogP contribution is -2.17. The van der Waals surface area contributed by atoms with Gasteiger partial charge >= 0.3 is 12.1 Å². The molecule has 2 aromatic carbocycles. The van der Waals surface area contributed by atoms with Gasteiger partial charge in [-0.1, -0.05) is 6.07 Å². The van der Waals surface area contributed by atoms with Gasteiger partial charge in [-0.15, -0.1) is 0 Å². The van der Waals surface area contributed by atoms with Gasteiger partial charge in [-0.05, 0) is 44.2 Å². The normalized spacial score (nSPS) is 16.2. The molecular formula is C20H16F4O5S. The molecule has 0 N–H and O–H groups in total. The lowest BCUT2D eigenvalue weighted by molar-refractivity contribution is -0.142. The van der Waals surface area contributed by atoms with Crippen LogP contribution in [-0.4, -0.2) is 26.2 Å². The number of hydrogen-bond donors (Lipinski definition) is 0. The summed E-state index contributed by atoms with van der Waals surface area (Å²) in [7, 11) is -3.73. The SMILES string of the molecule is CC1(C)C=C(c2ccc(S(C)(=O)=O)cc2Oc2cccc(C(F)(F)F)c2F)C(=O)O1. The molecule has 0 saturated carbocycles. The van der Waals surface area contributed by atoms with Crippen LogP contribution in [0, 0.1) is 5.82 Å². The van der Waals surface area contributed by atoms with Crippen molar-refractivity contribution in [2.75, 3.05) is 6.26 Å². The molecule has 10 heteroatoms. The Bertz CT molecular complexity index is 1160. The van der Waals surface area contributed by atoms with E-state index in [0.717, 1.165) is 24.5 Å². The van der Waals surface area contributed by atoms with Gasteiger partial charge in [0, 0.05) is 17.9 Å². The van der Waals surface area contributed by atoms with Crippen LogP contribution in [-0.2, 0) is 25.5 Å². The molecule has 0 unspecified atom stereocenters. The van der Waals surface area contributed by atoms with Crippen molar-refractivity contribution >= 4 is 21.4 Å². The highest BCUT2D eigenvalue weighted by molar-refractivity contribution is 7.90. The van der Waals surface area contributed by atoms with Gasteiger partial charge < -0.3 is 9.47 Å². The number of alkyl halides is 3. The maximum absolute atomic E-state index is 14.4. The molecule has 0 spiro atoms. The number of sulfone groups is 1. The van der Waals surface area contributed by atoms with Crippen LogP contribution in [0.15, 0.2) is 47.4 Å². The summed E-state index contributed by atoms with van der Waals surface area (Å²) in [6, 6.07) is 5.95. The minimum absolute atomic E-state index is 0.0161. The van der Waals surface area contributed by atoms with Gasteiger partial charge in [-0.2, -0.15) is 13.2 Å². The first-order valence-corrected chi connectivity index (χ1v) is 10.4. The second kappa shape index (κ2) is 7.12. The Balaban J connectivity index is 2.17. The minimum Gasteiger partial charge on any atom is -0.454 e. The van der Waals surface area contributed by atoms with Gasteiger partial charge in [-0.3, -0.25) is 0 Å². The molecule has 0 radical (unpaired) electrons. The zero-order valence-electron chi connectivity index (χ0n) is 16.0. The average molecular weight is 444 g/mol. The minimum atomic E-state index is -4.96. The number of esters is 1. The summed E-state index contributed by atoms with van der Waals surface area (Å²) in [5.41, 5.74) is -2.43. The monoisotopic (exact) mass is 444 g/mol. The maximum Gasteiger partial charge on any atom is 0.419 e. The van der Waals surface area contributed by atoms with Gasteiger partial charge in [-0.25, -0.2) is 17.6 Å². The number of carbonyl (C=O) groups is 1. The number of rotatable bonds is 4. The molecule has 0 bridgehead atoms. The third-order valence-electron chi connectivity index (χ3n) is 4.23. The molecule has 1 aliphatic rings. The molecular weight excluding hydrogens is 428 g/mol. The Kier molecular flexibility index (Phi) is 5.18. The molecule has 2 aromatic rings. The largest absolute Gasteiger partial charge is 0.454 e. The van der Waals surface area contributed by atoms with Crippen molar-refractivity contribution in [1.82, 2.24) is 0 Å². The maximum atomic E-state index is 14.4. The van der Waals surface area contributed by atoms with E-state index in [2.05, 4.69) is 0 Å². The first-order chi connectivity index (χ1) is 13.7. The lowest BCUT2D eigenvalue weighted by atomic mass is 10.0. The summed E-state index contributed by atoms with van der Waals surface area (Å²) >= 11 is 0. The molecule has 5 nitrogen and oxygen atoms in total. The Morgan fingerprint density at radius 3 is 2.27 bits per heavy atom. The predicted octanol–water partition coefficient (Wildman–Crippen LogP) is 4.76. The van der Waals surface area contributed by atoms with E-state index in [1.54, 1.807) is 13.8 Å². The molecule has 0 fully saturated rings. The fourth-order valence-electron chi connectivity index (χ4n) is 2.88. The summed E-state index contributed by atoms with van der Waals surface area (Å²) in [5, 5.41) is 0. The highest BCUT2D eigenvalue weighted by Gasteiger charge is 2.36. The number of hydrogen-bond acceptors (Lipinski definition) is 5. The quantitative estimate of drug-likeness (QED) is 0.503. The standard InChI is InChI=1S/C20H16F4O5S/c1-19(2)10-13(18(25)29-19)12-8-7-11(30(3,26)27)9-16(12)28-15-6-4-5-14(17(15)21)20(22,23)24/h4-10H,1-3H3. The fourth-order valence-corrected chi connectivity index (χ4v) is 3.52. The van der Waals surface area contributed by atoms with Gasteiger partial charge in [0.1, 0.15) is 11.4 Å². The lowest BCUT2D eigenvalue weighted by Gasteiger charge is -2.15. The van der Waals surface area contributed by atoms with E-state index in [0.29, 0.717) is 6.07 Å². The molecule has 0 atom stereocenters. The van der Waals surface area contributed by atoms with Crippen LogP contribution in [0.1, 0.15) is 25.0 Å². The van der Waals surface area contributed by atoms with Crippen molar-refractivity contribution in [2.24, 2.45) is 0 Å². The van der Waals surface area contributed by atoms with E-state index in [4.69, 9.17) is 9.47 Å². The zero-order valence-corrected chi connectivity index (χ0v) is 16.8. The molecule has 0 amide bonds. The molecule has 3 rings (SSSR count). The van der Waals surface area contributed by atoms with Crippen LogP contribution in [0.25, 0.3) is 5.57 Å². The number of halogens is 4. The summed E-state index contributed by atoms with van der Waals surface area (Å²) in [6.45, 7) is 3.21. The first kappa shape index (κ1) is 21.8. The second-order valence-corrected chi connectivity index (χ2v) is 9.21. The summed E-state index contributed by atoms with van der Waals surface area (Å²) < 4.78 is 87.8. The Morgan fingerprint density at radius 1 is 1.07 bits per heavy atom. The molecule has 0 aliphatic carbocycles. The first-order valence-electron chi connectivity index (χ1n) is 8.53. The number of cyclic esters (lactones) is 1. The van der Waals surface area contributed by atoms with Crippen molar-refractivity contribution in [3.63, 3.8) is 0 Å². The number of ether oxygens (including phenoxy) is 2. The van der Waals surface area contributed by atoms with Gasteiger partial charge in [0.25, 0.3) is 0 Å². The molecule has 30 heavy (non-hydrogen) atoms. The van der Waals surface area contributed by atoms with E-state index in [1.807, 2.05) is 0 Å². The van der Waals surface area contributed by atoms with Gasteiger partial charge in [0.15, 0.2) is 21.4 Å². The molecule has 1 heterocycles. The van der Waals surface area contributed by atoms with E-state index in [9.17, 15) is 30.8 Å². The summed E-state index contributed by atoms with van der Waals surface area (Å²) in [4.78, 5) is 12.0. The Labute approximate surface area is 169 Å². The number of benzene rings is 2. The third-order valence-corrected chi connectivity index (χ3v) is 5.34. The van der Waals surface area contributed by atoms with Crippen LogP contribution in [0.2, 0.25) is 0 Å². The van der Waals surface area contributed by atoms with Crippen molar-refractivity contribution < 1.29 is 40.2 Å². The molecule has 0 saturated heterocycles. The zero-order chi connectivity index (χ0) is 22.5. The molecule has 160 valence electrons. The summed E-state index contributed by atoms with van der Waals surface area (Å²) in [5.74, 6) is -3.48. The van der Waals surface area contributed by atoms with Crippen molar-refractivity contribution in [3.05, 3.63) is 59.4 Å². The van der Waals surface area contributed by atoms with Crippen molar-refractivity contribution in [1.29, 1.82) is 0 Å². The van der Waals surface area contributed by atoms with E-state index >= 15 is 0 Å². The molecule has 1 aliphatic heterocycles. The van der Waals surface area contributed by atoms with Crippen LogP contribution >= 0.6 is 0 Å². The van der Waals surface area contributed by atoms with Gasteiger partial charge in [0.05, 0.1) is 16.0 Å². The highest BCUT2D eigenvalue weighted by Crippen LogP contribution is 2.40. The average Bonchev–Trinajstić information content (AvgIpc) is 2.87. The van der Waals surface area contributed by atoms with Gasteiger partial charge in [0.2, 0.25) is 0 Å². The van der Waals surface area contributed by atoms with Crippen LogP contribution in [0.4, 0.5) is 17.6 Å². The van der Waals surface area contributed by atoms with Crippen LogP contribution < -0.4 is 4.74 Å². The number of carbonyl (C=O) groups excluding carboxylic acids is 1. The van der Waals surface area contributed by atoms with E-state index in [1.165, 1.54) is 18.2 Å². The molecule has 0 aromatic heterocycles. The van der Waals surface area contributed by atoms with Crippen LogP contribution in [0.3, 0.4) is 0 Å². The second-order valence-electron chi connectivity index (χ2n) is 7.20.